The van der Waals surface area contributed by atoms with Gasteiger partial charge in [0.25, 0.3) is 11.8 Å². The maximum Gasteiger partial charge on any atom is 0.272 e. The second-order valence-electron chi connectivity index (χ2n) is 9.05. The van der Waals surface area contributed by atoms with Crippen molar-refractivity contribution in [1.82, 2.24) is 5.32 Å². The third-order valence-electron chi connectivity index (χ3n) is 5.93. The number of halogens is 2. The molecule has 4 aromatic carbocycles. The molecule has 214 valence electrons. The van der Waals surface area contributed by atoms with Crippen LogP contribution in [-0.4, -0.2) is 30.6 Å². The molecule has 0 aliphatic rings. The summed E-state index contributed by atoms with van der Waals surface area (Å²) >= 11 is 10.9. The van der Waals surface area contributed by atoms with Gasteiger partial charge in [-0.3, -0.25) is 14.4 Å². The van der Waals surface area contributed by atoms with Gasteiger partial charge in [-0.25, -0.2) is 0 Å². The van der Waals surface area contributed by atoms with E-state index in [1.54, 1.807) is 60.7 Å². The van der Waals surface area contributed by atoms with E-state index in [4.69, 9.17) is 16.3 Å². The summed E-state index contributed by atoms with van der Waals surface area (Å²) in [5.74, 6) is -0.522. The lowest BCUT2D eigenvalue weighted by Gasteiger charge is -2.13. The van der Waals surface area contributed by atoms with Gasteiger partial charge in [0, 0.05) is 31.7 Å². The summed E-state index contributed by atoms with van der Waals surface area (Å²) in [5, 5.41) is 8.99. The number of ether oxygens (including phenoxy) is 1. The Kier molecular flexibility index (Phi) is 10.8. The van der Waals surface area contributed by atoms with Gasteiger partial charge in [-0.15, -0.1) is 11.8 Å². The molecule has 0 spiro atoms. The molecule has 3 amide bonds. The van der Waals surface area contributed by atoms with E-state index < -0.39 is 11.8 Å². The number of hydrogen-bond acceptors (Lipinski definition) is 5. The van der Waals surface area contributed by atoms with Crippen LogP contribution in [0, 0.1) is 6.92 Å². The van der Waals surface area contributed by atoms with E-state index in [9.17, 15) is 14.4 Å². The van der Waals surface area contributed by atoms with Crippen LogP contribution < -0.4 is 20.7 Å². The van der Waals surface area contributed by atoms with Crippen molar-refractivity contribution in [3.8, 4) is 5.75 Å². The van der Waals surface area contributed by atoms with Gasteiger partial charge in [0.05, 0.1) is 18.6 Å². The molecule has 0 atom stereocenters. The van der Waals surface area contributed by atoms with Crippen LogP contribution >= 0.6 is 39.3 Å². The zero-order chi connectivity index (χ0) is 30.1. The third-order valence-corrected chi connectivity index (χ3v) is 7.86. The summed E-state index contributed by atoms with van der Waals surface area (Å²) in [6.07, 6.45) is 1.61. The molecule has 0 radical (unpaired) electrons. The van der Waals surface area contributed by atoms with E-state index in [2.05, 4.69) is 31.9 Å². The van der Waals surface area contributed by atoms with Gasteiger partial charge in [0.1, 0.15) is 11.4 Å². The van der Waals surface area contributed by atoms with E-state index in [1.807, 2.05) is 43.3 Å². The number of nitrogens with one attached hydrogen (secondary N) is 3. The van der Waals surface area contributed by atoms with Crippen molar-refractivity contribution < 1.29 is 19.1 Å². The van der Waals surface area contributed by atoms with Crippen molar-refractivity contribution in [1.29, 1.82) is 0 Å². The monoisotopic (exact) mass is 663 g/mol. The summed E-state index contributed by atoms with van der Waals surface area (Å²) in [5.41, 5.74) is 3.10. The molecule has 0 aliphatic heterocycles. The van der Waals surface area contributed by atoms with Crippen LogP contribution in [0.15, 0.2) is 106 Å². The Morgan fingerprint density at radius 3 is 2.38 bits per heavy atom. The molecule has 3 N–H and O–H groups in total. The molecule has 10 heteroatoms. The summed E-state index contributed by atoms with van der Waals surface area (Å²) in [7, 11) is 1.51. The topological polar surface area (TPSA) is 96.5 Å². The zero-order valence-corrected chi connectivity index (χ0v) is 25.9. The van der Waals surface area contributed by atoms with Gasteiger partial charge in [0.2, 0.25) is 5.91 Å². The molecule has 0 saturated heterocycles. The van der Waals surface area contributed by atoms with Gasteiger partial charge in [-0.05, 0) is 72.7 Å². The van der Waals surface area contributed by atoms with Crippen LogP contribution in [0.5, 0.6) is 5.75 Å². The first-order valence-electron chi connectivity index (χ1n) is 12.7. The van der Waals surface area contributed by atoms with Crippen LogP contribution in [0.4, 0.5) is 11.4 Å². The van der Waals surface area contributed by atoms with Crippen LogP contribution in [0.1, 0.15) is 21.5 Å². The number of amides is 3. The number of aryl methyl sites for hydroxylation is 1. The Bertz CT molecular complexity index is 1630. The van der Waals surface area contributed by atoms with Crippen LogP contribution in [0.3, 0.4) is 0 Å². The largest absolute Gasteiger partial charge is 0.495 e. The predicted octanol–water partition coefficient (Wildman–Crippen LogP) is 7.56. The summed E-state index contributed by atoms with van der Waals surface area (Å²) in [6.45, 7) is 1.85. The molecular formula is C32H27BrClN3O4S. The lowest BCUT2D eigenvalue weighted by Crippen LogP contribution is -2.30. The fraction of sp³-hybridized carbons (Fsp3) is 0.0938. The van der Waals surface area contributed by atoms with E-state index in [0.29, 0.717) is 27.7 Å². The summed E-state index contributed by atoms with van der Waals surface area (Å²) in [4.78, 5) is 39.7. The number of anilines is 2. The number of thioether (sulfide) groups is 1. The van der Waals surface area contributed by atoms with Gasteiger partial charge < -0.3 is 20.7 Å². The molecule has 0 aliphatic carbocycles. The van der Waals surface area contributed by atoms with Gasteiger partial charge in [-0.2, -0.15) is 0 Å². The summed E-state index contributed by atoms with van der Waals surface area (Å²) in [6, 6.07) is 26.6. The second kappa shape index (κ2) is 14.7. The molecule has 0 unspecified atom stereocenters. The van der Waals surface area contributed by atoms with Crippen molar-refractivity contribution >= 4 is 74.5 Å². The Balaban J connectivity index is 1.45. The highest BCUT2D eigenvalue weighted by Gasteiger charge is 2.16. The van der Waals surface area contributed by atoms with Gasteiger partial charge >= 0.3 is 0 Å². The first-order valence-corrected chi connectivity index (χ1v) is 14.9. The average Bonchev–Trinajstić information content (AvgIpc) is 2.99. The van der Waals surface area contributed by atoms with E-state index in [0.717, 1.165) is 20.5 Å². The van der Waals surface area contributed by atoms with Crippen molar-refractivity contribution in [2.45, 2.75) is 11.8 Å². The molecule has 0 aromatic heterocycles. The lowest BCUT2D eigenvalue weighted by molar-refractivity contribution is -0.114. The Morgan fingerprint density at radius 1 is 0.929 bits per heavy atom. The van der Waals surface area contributed by atoms with Crippen molar-refractivity contribution in [2.24, 2.45) is 0 Å². The van der Waals surface area contributed by atoms with E-state index >= 15 is 0 Å². The molecular weight excluding hydrogens is 638 g/mol. The Hall–Kier alpha value is -4.05. The third kappa shape index (κ3) is 8.72. The van der Waals surface area contributed by atoms with E-state index in [1.165, 1.54) is 18.9 Å². The highest BCUT2D eigenvalue weighted by Crippen LogP contribution is 2.31. The Labute approximate surface area is 261 Å². The van der Waals surface area contributed by atoms with Crippen molar-refractivity contribution in [2.75, 3.05) is 23.5 Å². The second-order valence-corrected chi connectivity index (χ2v) is 11.4. The summed E-state index contributed by atoms with van der Waals surface area (Å²) < 4.78 is 6.22. The van der Waals surface area contributed by atoms with Gasteiger partial charge in [-0.1, -0.05) is 63.9 Å². The van der Waals surface area contributed by atoms with Gasteiger partial charge in [0.15, 0.2) is 0 Å². The first-order chi connectivity index (χ1) is 20.2. The van der Waals surface area contributed by atoms with Crippen LogP contribution in [-0.2, 0) is 9.59 Å². The molecule has 4 aromatic rings. The molecule has 0 saturated carbocycles. The predicted molar refractivity (Wildman–Crippen MR) is 173 cm³/mol. The van der Waals surface area contributed by atoms with Crippen molar-refractivity contribution in [3.05, 3.63) is 123 Å². The number of hydrogen-bond donors (Lipinski definition) is 3. The molecule has 4 rings (SSSR count). The molecule has 0 heterocycles. The number of methoxy groups -OCH3 is 1. The minimum absolute atomic E-state index is 0.0795. The minimum Gasteiger partial charge on any atom is -0.495 e. The average molecular weight is 665 g/mol. The highest BCUT2D eigenvalue weighted by molar-refractivity contribution is 9.10. The number of benzene rings is 4. The zero-order valence-electron chi connectivity index (χ0n) is 22.7. The fourth-order valence-electron chi connectivity index (χ4n) is 3.80. The number of carbonyl (C=O) groups is 3. The van der Waals surface area contributed by atoms with Crippen molar-refractivity contribution in [3.63, 3.8) is 0 Å². The molecule has 0 bridgehead atoms. The molecule has 0 fully saturated rings. The van der Waals surface area contributed by atoms with Crippen LogP contribution in [0.25, 0.3) is 6.08 Å². The normalized spacial score (nSPS) is 11.0. The quantitative estimate of drug-likeness (QED) is 0.120. The number of rotatable bonds is 10. The van der Waals surface area contributed by atoms with E-state index in [-0.39, 0.29) is 17.4 Å². The number of carbonyl (C=O) groups excluding carboxylic acids is 3. The maximum atomic E-state index is 13.3. The maximum absolute atomic E-state index is 13.3. The minimum atomic E-state index is -0.493. The molecule has 7 nitrogen and oxygen atoms in total. The SMILES string of the molecule is COc1cc(Cl)c(C)cc1NC(=O)CSc1cccc(NC(=O)/C(=C/c2ccc(Br)cc2)NC(=O)c2ccccc2)c1. The smallest absolute Gasteiger partial charge is 0.272 e. The van der Waals surface area contributed by atoms with Crippen LogP contribution in [0.2, 0.25) is 5.02 Å². The standard InChI is InChI=1S/C32H27BrClN3O4S/c1-20-15-27(29(41-2)18-26(20)34)36-30(38)19-42-25-10-6-9-24(17-25)35-32(40)28(16-21-11-13-23(33)14-12-21)37-31(39)22-7-4-3-5-8-22/h3-18H,19H2,1-2H3,(H,35,40)(H,36,38)(H,37,39)/b28-16-. The first kappa shape index (κ1) is 30.9. The molecule has 42 heavy (non-hydrogen) atoms. The lowest BCUT2D eigenvalue weighted by atomic mass is 10.1. The Morgan fingerprint density at radius 2 is 1.67 bits per heavy atom. The fourth-order valence-corrected chi connectivity index (χ4v) is 4.97. The highest BCUT2D eigenvalue weighted by atomic mass is 79.9.